The van der Waals surface area contributed by atoms with Crippen LogP contribution in [0.25, 0.3) is 0 Å². The van der Waals surface area contributed by atoms with Crippen LogP contribution < -0.4 is 21.7 Å². The Morgan fingerprint density at radius 3 is 2.50 bits per heavy atom. The molecule has 0 radical (unpaired) electrons. The van der Waals surface area contributed by atoms with E-state index in [4.69, 9.17) is 10.5 Å². The van der Waals surface area contributed by atoms with Crippen LogP contribution in [0.1, 0.15) is 0 Å². The summed E-state index contributed by atoms with van der Waals surface area (Å²) >= 11 is 0. The third kappa shape index (κ3) is 2.08. The van der Waals surface area contributed by atoms with E-state index in [9.17, 15) is 9.59 Å². The molecular formula is C9H8N4O3. The first-order chi connectivity index (χ1) is 7.65. The van der Waals surface area contributed by atoms with E-state index < -0.39 is 11.2 Å². The van der Waals surface area contributed by atoms with Gasteiger partial charge >= 0.3 is 17.1 Å². The highest BCUT2D eigenvalue weighted by molar-refractivity contribution is 5.42. The van der Waals surface area contributed by atoms with Crippen molar-refractivity contribution in [3.8, 4) is 11.6 Å². The lowest BCUT2D eigenvalue weighted by Gasteiger charge is -2.02. The van der Waals surface area contributed by atoms with Gasteiger partial charge in [-0.25, -0.2) is 9.89 Å². The molecule has 0 bridgehead atoms. The van der Waals surface area contributed by atoms with Gasteiger partial charge in [0.25, 0.3) is 0 Å². The Morgan fingerprint density at radius 2 is 1.88 bits per heavy atom. The monoisotopic (exact) mass is 220 g/mol. The predicted molar refractivity (Wildman–Crippen MR) is 56.4 cm³/mol. The lowest BCUT2D eigenvalue weighted by atomic mass is 10.3. The van der Waals surface area contributed by atoms with Crippen LogP contribution in [0, 0.1) is 0 Å². The zero-order valence-corrected chi connectivity index (χ0v) is 8.06. The molecule has 0 amide bonds. The molecule has 0 spiro atoms. The maximum atomic E-state index is 11.2. The fourth-order valence-electron chi connectivity index (χ4n) is 1.05. The van der Waals surface area contributed by atoms with Crippen LogP contribution in [-0.2, 0) is 0 Å². The Labute approximate surface area is 88.9 Å². The quantitative estimate of drug-likeness (QED) is 0.608. The molecule has 0 unspecified atom stereocenters. The summed E-state index contributed by atoms with van der Waals surface area (Å²) in [6.45, 7) is 0. The first kappa shape index (κ1) is 9.97. The van der Waals surface area contributed by atoms with Crippen LogP contribution in [0.2, 0.25) is 0 Å². The number of H-pyrrole nitrogens is 2. The smallest absolute Gasteiger partial charge is 0.342 e. The SMILES string of the molecule is Nc1ccc(Oc2n[nH]c(=O)[nH]c2=O)cc1. The number of aromatic amines is 2. The van der Waals surface area contributed by atoms with Gasteiger partial charge in [0, 0.05) is 5.69 Å². The van der Waals surface area contributed by atoms with Gasteiger partial charge < -0.3 is 10.5 Å². The van der Waals surface area contributed by atoms with E-state index in [-0.39, 0.29) is 5.88 Å². The first-order valence-electron chi connectivity index (χ1n) is 4.37. The van der Waals surface area contributed by atoms with Crippen LogP contribution in [0.15, 0.2) is 33.9 Å². The van der Waals surface area contributed by atoms with E-state index in [1.807, 2.05) is 4.98 Å². The third-order valence-electron chi connectivity index (χ3n) is 1.77. The largest absolute Gasteiger partial charge is 0.434 e. The van der Waals surface area contributed by atoms with E-state index in [1.54, 1.807) is 24.3 Å². The topological polar surface area (TPSA) is 114 Å². The molecule has 1 aromatic carbocycles. The minimum atomic E-state index is -0.694. The van der Waals surface area contributed by atoms with Crippen molar-refractivity contribution in [3.05, 3.63) is 45.1 Å². The second-order valence-corrected chi connectivity index (χ2v) is 2.98. The maximum Gasteiger partial charge on any atom is 0.342 e. The van der Waals surface area contributed by atoms with Crippen LogP contribution in [-0.4, -0.2) is 15.2 Å². The average Bonchev–Trinajstić information content (AvgIpc) is 2.25. The number of aromatic nitrogens is 3. The summed E-state index contributed by atoms with van der Waals surface area (Å²) in [5.41, 5.74) is 4.68. The number of benzene rings is 1. The number of nitrogen functional groups attached to an aromatic ring is 1. The van der Waals surface area contributed by atoms with Crippen LogP contribution in [0.3, 0.4) is 0 Å². The molecule has 7 heteroatoms. The number of nitrogens with zero attached hydrogens (tertiary/aromatic N) is 1. The number of hydrogen-bond acceptors (Lipinski definition) is 5. The second-order valence-electron chi connectivity index (χ2n) is 2.98. The van der Waals surface area contributed by atoms with Crippen molar-refractivity contribution >= 4 is 5.69 Å². The molecule has 4 N–H and O–H groups in total. The average molecular weight is 220 g/mol. The summed E-state index contributed by atoms with van der Waals surface area (Å²) in [7, 11) is 0. The number of ether oxygens (including phenoxy) is 1. The lowest BCUT2D eigenvalue weighted by molar-refractivity contribution is 0.443. The molecule has 0 saturated heterocycles. The molecule has 0 aliphatic rings. The lowest BCUT2D eigenvalue weighted by Crippen LogP contribution is -2.24. The van der Waals surface area contributed by atoms with Crippen molar-refractivity contribution in [1.82, 2.24) is 15.2 Å². The van der Waals surface area contributed by atoms with Crippen molar-refractivity contribution in [2.75, 3.05) is 5.73 Å². The van der Waals surface area contributed by atoms with E-state index >= 15 is 0 Å². The second kappa shape index (κ2) is 3.89. The fraction of sp³-hybridized carbons (Fsp3) is 0. The van der Waals surface area contributed by atoms with Crippen molar-refractivity contribution < 1.29 is 4.74 Å². The summed E-state index contributed by atoms with van der Waals surface area (Å²) in [6.07, 6.45) is 0. The van der Waals surface area contributed by atoms with E-state index in [0.717, 1.165) is 0 Å². The Hall–Kier alpha value is -2.57. The normalized spacial score (nSPS) is 10.0. The highest BCUT2D eigenvalue weighted by Gasteiger charge is 2.04. The standard InChI is InChI=1S/C9H8N4O3/c10-5-1-3-6(4-2-5)16-8-7(14)11-9(15)13-12-8/h1-4H,10H2,(H2,11,13,14,15). The van der Waals surface area contributed by atoms with Gasteiger partial charge in [-0.1, -0.05) is 0 Å². The number of hydrogen-bond donors (Lipinski definition) is 3. The van der Waals surface area contributed by atoms with E-state index in [0.29, 0.717) is 11.4 Å². The minimum Gasteiger partial charge on any atom is -0.434 e. The van der Waals surface area contributed by atoms with Crippen LogP contribution >= 0.6 is 0 Å². The number of rotatable bonds is 2. The molecule has 7 nitrogen and oxygen atoms in total. The highest BCUT2D eigenvalue weighted by Crippen LogP contribution is 2.16. The maximum absolute atomic E-state index is 11.2. The molecular weight excluding hydrogens is 212 g/mol. The third-order valence-corrected chi connectivity index (χ3v) is 1.77. The van der Waals surface area contributed by atoms with Gasteiger partial charge in [-0.3, -0.25) is 9.78 Å². The summed E-state index contributed by atoms with van der Waals surface area (Å²) < 4.78 is 5.14. The van der Waals surface area contributed by atoms with Gasteiger partial charge in [0.15, 0.2) is 0 Å². The Kier molecular flexibility index (Phi) is 2.42. The highest BCUT2D eigenvalue weighted by atomic mass is 16.5. The molecule has 16 heavy (non-hydrogen) atoms. The summed E-state index contributed by atoms with van der Waals surface area (Å²) in [5.74, 6) is 0.170. The van der Waals surface area contributed by atoms with Gasteiger partial charge in [-0.05, 0) is 24.3 Å². The zero-order valence-electron chi connectivity index (χ0n) is 8.06. The molecule has 0 saturated carbocycles. The molecule has 1 aromatic heterocycles. The zero-order chi connectivity index (χ0) is 11.5. The number of anilines is 1. The van der Waals surface area contributed by atoms with Gasteiger partial charge in [0.1, 0.15) is 5.75 Å². The minimum absolute atomic E-state index is 0.232. The van der Waals surface area contributed by atoms with Gasteiger partial charge in [0.05, 0.1) is 0 Å². The van der Waals surface area contributed by atoms with Crippen molar-refractivity contribution in [2.45, 2.75) is 0 Å². The summed E-state index contributed by atoms with van der Waals surface area (Å²) in [4.78, 5) is 23.9. The first-order valence-corrected chi connectivity index (χ1v) is 4.37. The summed E-state index contributed by atoms with van der Waals surface area (Å²) in [6, 6.07) is 6.41. The summed E-state index contributed by atoms with van der Waals surface area (Å²) in [5, 5.41) is 5.52. The predicted octanol–water partition coefficient (Wildman–Crippen LogP) is -0.167. The molecule has 0 aliphatic heterocycles. The Morgan fingerprint density at radius 1 is 1.19 bits per heavy atom. The number of nitrogens with two attached hydrogens (primary N) is 1. The van der Waals surface area contributed by atoms with Gasteiger partial charge in [-0.2, -0.15) is 0 Å². The van der Waals surface area contributed by atoms with Crippen molar-refractivity contribution in [2.24, 2.45) is 0 Å². The fourth-order valence-corrected chi connectivity index (χ4v) is 1.05. The van der Waals surface area contributed by atoms with Gasteiger partial charge in [0.2, 0.25) is 0 Å². The molecule has 1 heterocycles. The molecule has 2 aromatic rings. The van der Waals surface area contributed by atoms with E-state index in [2.05, 4.69) is 10.2 Å². The van der Waals surface area contributed by atoms with Crippen LogP contribution in [0.5, 0.6) is 11.6 Å². The molecule has 0 aliphatic carbocycles. The van der Waals surface area contributed by atoms with Gasteiger partial charge in [-0.15, -0.1) is 5.10 Å². The Bertz CT molecular complexity index is 599. The molecule has 0 fully saturated rings. The molecule has 2 rings (SSSR count). The van der Waals surface area contributed by atoms with Crippen molar-refractivity contribution in [3.63, 3.8) is 0 Å². The van der Waals surface area contributed by atoms with Crippen molar-refractivity contribution in [1.29, 1.82) is 0 Å². The molecule has 82 valence electrons. The number of nitrogens with one attached hydrogen (secondary N) is 2. The van der Waals surface area contributed by atoms with E-state index in [1.165, 1.54) is 0 Å². The van der Waals surface area contributed by atoms with Crippen LogP contribution in [0.4, 0.5) is 5.69 Å². The Balaban J connectivity index is 2.30. The molecule has 0 atom stereocenters.